The van der Waals surface area contributed by atoms with Crippen molar-refractivity contribution >= 4 is 23.4 Å². The van der Waals surface area contributed by atoms with Gasteiger partial charge in [-0.3, -0.25) is 9.59 Å². The minimum Gasteiger partial charge on any atom is -0.337 e. The maximum atomic E-state index is 13.8. The number of hydrogen-bond donors (Lipinski definition) is 0. The van der Waals surface area contributed by atoms with Gasteiger partial charge in [-0.2, -0.15) is 5.10 Å². The lowest BCUT2D eigenvalue weighted by atomic mass is 9.95. The lowest BCUT2D eigenvalue weighted by Gasteiger charge is -2.33. The highest BCUT2D eigenvalue weighted by Crippen LogP contribution is 2.43. The van der Waals surface area contributed by atoms with E-state index in [9.17, 15) is 9.59 Å². The van der Waals surface area contributed by atoms with E-state index < -0.39 is 0 Å². The van der Waals surface area contributed by atoms with Gasteiger partial charge in [-0.15, -0.1) is 0 Å². The van der Waals surface area contributed by atoms with Crippen molar-refractivity contribution in [3.05, 3.63) is 82.1 Å². The van der Waals surface area contributed by atoms with Gasteiger partial charge in [0.1, 0.15) is 5.69 Å². The predicted molar refractivity (Wildman–Crippen MR) is 128 cm³/mol. The minimum absolute atomic E-state index is 0.00444. The maximum Gasteiger partial charge on any atom is 0.273 e. The number of para-hydroxylation sites is 1. The molecule has 0 N–H and O–H groups in total. The van der Waals surface area contributed by atoms with Crippen LogP contribution in [0, 0.1) is 12.8 Å². The molecule has 2 atom stereocenters. The number of carbonyl (C=O) groups excluding carboxylic acids is 2. The van der Waals surface area contributed by atoms with Crippen LogP contribution in [0.25, 0.3) is 5.69 Å². The summed E-state index contributed by atoms with van der Waals surface area (Å²) in [4.78, 5) is 30.8. The van der Waals surface area contributed by atoms with E-state index in [0.717, 1.165) is 23.4 Å². The molecule has 2 aliphatic rings. The third-order valence-corrected chi connectivity index (χ3v) is 6.92. The molecule has 1 aromatic heterocycles. The average Bonchev–Trinajstić information content (AvgIpc) is 3.49. The molecule has 6 nitrogen and oxygen atoms in total. The summed E-state index contributed by atoms with van der Waals surface area (Å²) in [6.07, 6.45) is 0.753. The Morgan fingerprint density at radius 3 is 2.58 bits per heavy atom. The fraction of sp³-hybridized carbons (Fsp3) is 0.346. The van der Waals surface area contributed by atoms with Crippen LogP contribution < -0.4 is 0 Å². The zero-order valence-corrected chi connectivity index (χ0v) is 19.8. The van der Waals surface area contributed by atoms with Gasteiger partial charge in [-0.05, 0) is 49.6 Å². The Morgan fingerprint density at radius 2 is 1.88 bits per heavy atom. The van der Waals surface area contributed by atoms with Gasteiger partial charge in [0, 0.05) is 29.2 Å². The molecule has 0 radical (unpaired) electrons. The first-order valence-corrected chi connectivity index (χ1v) is 11.8. The fourth-order valence-electron chi connectivity index (χ4n) is 5.25. The molecule has 2 amide bonds. The number of fused-ring (bicyclic) bond motifs is 1. The second-order valence-electron chi connectivity index (χ2n) is 9.20. The maximum absolute atomic E-state index is 13.8. The van der Waals surface area contributed by atoms with Crippen LogP contribution in [-0.4, -0.2) is 50.5 Å². The Bertz CT molecular complexity index is 1220. The first-order valence-electron chi connectivity index (χ1n) is 11.4. The fourth-order valence-corrected chi connectivity index (χ4v) is 5.44. The molecule has 0 aliphatic carbocycles. The monoisotopic (exact) mass is 462 g/mol. The van der Waals surface area contributed by atoms with Gasteiger partial charge < -0.3 is 9.80 Å². The third-order valence-electron chi connectivity index (χ3n) is 6.69. The molecule has 170 valence electrons. The van der Waals surface area contributed by atoms with Gasteiger partial charge in [0.05, 0.1) is 23.5 Å². The number of nitrogens with zero attached hydrogens (tertiary/aromatic N) is 4. The number of benzene rings is 2. The third kappa shape index (κ3) is 3.62. The topological polar surface area (TPSA) is 58.4 Å². The number of aryl methyl sites for hydroxylation is 1. The molecule has 7 heteroatoms. The smallest absolute Gasteiger partial charge is 0.273 e. The summed E-state index contributed by atoms with van der Waals surface area (Å²) >= 11 is 6.09. The number of carbonyl (C=O) groups is 2. The molecule has 5 rings (SSSR count). The van der Waals surface area contributed by atoms with Crippen LogP contribution >= 0.6 is 11.6 Å². The predicted octanol–water partition coefficient (Wildman–Crippen LogP) is 4.90. The Hall–Kier alpha value is -3.12. The zero-order chi connectivity index (χ0) is 23.3. The van der Waals surface area contributed by atoms with E-state index in [1.165, 1.54) is 0 Å². The molecular formula is C26H27ClN4O2. The Balaban J connectivity index is 1.46. The molecule has 3 heterocycles. The highest BCUT2D eigenvalue weighted by Gasteiger charge is 2.48. The molecule has 1 saturated heterocycles. The second-order valence-corrected chi connectivity index (χ2v) is 9.64. The summed E-state index contributed by atoms with van der Waals surface area (Å²) in [6.45, 7) is 7.40. The number of halogens is 1. The number of aromatic nitrogens is 2. The molecule has 2 unspecified atom stereocenters. The summed E-state index contributed by atoms with van der Waals surface area (Å²) in [5.74, 6) is 0.173. The van der Waals surface area contributed by atoms with Crippen LogP contribution in [0.4, 0.5) is 0 Å². The Kier molecular flexibility index (Phi) is 5.49. The van der Waals surface area contributed by atoms with E-state index in [0.29, 0.717) is 29.4 Å². The van der Waals surface area contributed by atoms with Crippen LogP contribution in [0.2, 0.25) is 5.02 Å². The van der Waals surface area contributed by atoms with E-state index in [1.807, 2.05) is 47.1 Å². The van der Waals surface area contributed by atoms with Gasteiger partial charge in [0.25, 0.3) is 11.8 Å². The van der Waals surface area contributed by atoms with Crippen molar-refractivity contribution in [2.24, 2.45) is 5.92 Å². The van der Waals surface area contributed by atoms with Crippen LogP contribution in [0.5, 0.6) is 0 Å². The number of rotatable bonds is 4. The first-order chi connectivity index (χ1) is 15.9. The second kappa shape index (κ2) is 8.34. The molecule has 0 bridgehead atoms. The van der Waals surface area contributed by atoms with Crippen LogP contribution in [-0.2, 0) is 0 Å². The van der Waals surface area contributed by atoms with E-state index in [-0.39, 0.29) is 29.8 Å². The zero-order valence-electron chi connectivity index (χ0n) is 19.0. The largest absolute Gasteiger partial charge is 0.337 e. The van der Waals surface area contributed by atoms with Gasteiger partial charge in [-0.1, -0.05) is 49.7 Å². The summed E-state index contributed by atoms with van der Waals surface area (Å²) < 4.78 is 1.78. The van der Waals surface area contributed by atoms with Crippen molar-refractivity contribution in [3.63, 3.8) is 0 Å². The highest BCUT2D eigenvalue weighted by molar-refractivity contribution is 6.30. The summed E-state index contributed by atoms with van der Waals surface area (Å²) in [6, 6.07) is 16.7. The molecule has 2 aromatic carbocycles. The quantitative estimate of drug-likeness (QED) is 0.554. The Labute approximate surface area is 198 Å². The summed E-state index contributed by atoms with van der Waals surface area (Å²) in [7, 11) is 0. The molecule has 1 fully saturated rings. The first kappa shape index (κ1) is 21.7. The molecule has 33 heavy (non-hydrogen) atoms. The van der Waals surface area contributed by atoms with Gasteiger partial charge in [0.15, 0.2) is 0 Å². The van der Waals surface area contributed by atoms with Crippen molar-refractivity contribution in [1.82, 2.24) is 19.6 Å². The van der Waals surface area contributed by atoms with Crippen LogP contribution in [0.1, 0.15) is 58.4 Å². The summed E-state index contributed by atoms with van der Waals surface area (Å²) in [5, 5.41) is 5.27. The molecular weight excluding hydrogens is 436 g/mol. The van der Waals surface area contributed by atoms with Crippen molar-refractivity contribution in [2.45, 2.75) is 39.3 Å². The number of likely N-dealkylation sites (tertiary alicyclic amines) is 1. The van der Waals surface area contributed by atoms with Gasteiger partial charge in [-0.25, -0.2) is 4.68 Å². The lowest BCUT2D eigenvalue weighted by molar-refractivity contribution is 0.0549. The normalized spacial score (nSPS) is 20.1. The van der Waals surface area contributed by atoms with E-state index >= 15 is 0 Å². The number of amides is 2. The van der Waals surface area contributed by atoms with E-state index in [4.69, 9.17) is 16.7 Å². The van der Waals surface area contributed by atoms with Crippen LogP contribution in [0.3, 0.4) is 0 Å². The van der Waals surface area contributed by atoms with Crippen molar-refractivity contribution in [2.75, 3.05) is 13.1 Å². The Morgan fingerprint density at radius 1 is 1.12 bits per heavy atom. The van der Waals surface area contributed by atoms with Crippen molar-refractivity contribution in [1.29, 1.82) is 0 Å². The molecule has 2 aliphatic heterocycles. The molecule has 3 aromatic rings. The van der Waals surface area contributed by atoms with Crippen molar-refractivity contribution < 1.29 is 9.59 Å². The summed E-state index contributed by atoms with van der Waals surface area (Å²) in [5.41, 5.74) is 4.00. The van der Waals surface area contributed by atoms with Crippen molar-refractivity contribution in [3.8, 4) is 5.69 Å². The standard InChI is InChI=1S/C26H27ClN4O2/c1-16(2)23-22-17(3)28-31(20-10-5-4-6-11-20)24(22)26(33)30(23)21-12-13-29(15-21)25(32)18-8-7-9-19(27)14-18/h4-11,14,16,21,23H,12-13,15H2,1-3H3. The van der Waals surface area contributed by atoms with Crippen LogP contribution in [0.15, 0.2) is 54.6 Å². The highest BCUT2D eigenvalue weighted by atomic mass is 35.5. The SMILES string of the molecule is Cc1nn(-c2ccccc2)c2c1C(C(C)C)N(C1CCN(C(=O)c3cccc(Cl)c3)C1)C2=O. The van der Waals surface area contributed by atoms with E-state index in [1.54, 1.807) is 28.9 Å². The molecule has 0 saturated carbocycles. The average molecular weight is 463 g/mol. The lowest BCUT2D eigenvalue weighted by Crippen LogP contribution is -2.43. The van der Waals surface area contributed by atoms with Gasteiger partial charge in [0.2, 0.25) is 0 Å². The number of hydrogen-bond acceptors (Lipinski definition) is 3. The van der Waals surface area contributed by atoms with E-state index in [2.05, 4.69) is 13.8 Å². The molecule has 0 spiro atoms. The van der Waals surface area contributed by atoms with Gasteiger partial charge >= 0.3 is 0 Å². The minimum atomic E-state index is -0.0591.